The maximum atomic E-state index is 12.9. The first-order valence-electron chi connectivity index (χ1n) is 11.6. The van der Waals surface area contributed by atoms with Gasteiger partial charge in [0.2, 0.25) is 5.91 Å². The van der Waals surface area contributed by atoms with Gasteiger partial charge in [-0.3, -0.25) is 15.1 Å². The Balaban J connectivity index is 1.23. The molecular weight excluding hydrogens is 412 g/mol. The number of carbonyl (C=O) groups excluding carboxylic acids is 1. The Morgan fingerprint density at radius 3 is 2.42 bits per heavy atom. The molecule has 2 aliphatic heterocycles. The van der Waals surface area contributed by atoms with Gasteiger partial charge in [0.1, 0.15) is 11.9 Å². The molecule has 0 radical (unpaired) electrons. The number of nitrogens with zero attached hydrogens (tertiary/aromatic N) is 1. The first-order valence-corrected chi connectivity index (χ1v) is 11.6. The smallest absolute Gasteiger partial charge is 0.234 e. The third-order valence-corrected chi connectivity index (χ3v) is 6.41. The summed E-state index contributed by atoms with van der Waals surface area (Å²) in [6.45, 7) is 3.13. The molecule has 1 fully saturated rings. The van der Waals surface area contributed by atoms with Gasteiger partial charge in [-0.1, -0.05) is 78.9 Å². The fraction of sp³-hybridized carbons (Fsp3) is 0.296. The molecule has 1 amide bonds. The molecule has 6 nitrogen and oxygen atoms in total. The van der Waals surface area contributed by atoms with Crippen molar-refractivity contribution in [1.82, 2.24) is 21.1 Å². The molecule has 3 aromatic rings. The highest BCUT2D eigenvalue weighted by Crippen LogP contribution is 2.31. The van der Waals surface area contributed by atoms with Gasteiger partial charge < -0.3 is 10.1 Å². The van der Waals surface area contributed by atoms with Crippen LogP contribution in [0.4, 0.5) is 0 Å². The summed E-state index contributed by atoms with van der Waals surface area (Å²) in [6, 6.07) is 28.9. The van der Waals surface area contributed by atoms with E-state index in [1.54, 1.807) is 0 Å². The van der Waals surface area contributed by atoms with E-state index in [0.29, 0.717) is 32.1 Å². The summed E-state index contributed by atoms with van der Waals surface area (Å²) in [5, 5.41) is 3.17. The van der Waals surface area contributed by atoms with Gasteiger partial charge >= 0.3 is 0 Å². The maximum absolute atomic E-state index is 12.9. The Bertz CT molecular complexity index is 1060. The van der Waals surface area contributed by atoms with Crippen LogP contribution in [0.2, 0.25) is 0 Å². The van der Waals surface area contributed by atoms with Crippen LogP contribution in [0.1, 0.15) is 28.8 Å². The van der Waals surface area contributed by atoms with E-state index in [0.717, 1.165) is 23.4 Å². The fourth-order valence-electron chi connectivity index (χ4n) is 4.69. The largest absolute Gasteiger partial charge is 0.484 e. The predicted octanol–water partition coefficient (Wildman–Crippen LogP) is 3.20. The van der Waals surface area contributed by atoms with E-state index in [9.17, 15) is 4.79 Å². The molecule has 0 aliphatic carbocycles. The highest BCUT2D eigenvalue weighted by atomic mass is 16.5. The number of hydrazine groups is 1. The van der Waals surface area contributed by atoms with Crippen molar-refractivity contribution in [1.29, 1.82) is 0 Å². The van der Waals surface area contributed by atoms with Crippen LogP contribution in [0.25, 0.3) is 0 Å². The highest BCUT2D eigenvalue weighted by Gasteiger charge is 2.29. The molecule has 0 spiro atoms. The standard InChI is InChI=1S/C27H30N4O2/c32-26(28-15-23-16-29-30-27(23)21-11-5-2-6-12-21)19-31-17-22-13-7-8-14-24(22)33-25(18-31)20-9-3-1-4-10-20/h1-14,23,25,27,29-30H,15-19H2,(H,28,32). The average molecular weight is 443 g/mol. The summed E-state index contributed by atoms with van der Waals surface area (Å²) in [4.78, 5) is 15.1. The zero-order chi connectivity index (χ0) is 22.5. The Kier molecular flexibility index (Phi) is 6.67. The van der Waals surface area contributed by atoms with Crippen LogP contribution in [0.15, 0.2) is 84.9 Å². The molecule has 33 heavy (non-hydrogen) atoms. The number of amides is 1. The van der Waals surface area contributed by atoms with Crippen molar-refractivity contribution in [3.05, 3.63) is 102 Å². The lowest BCUT2D eigenvalue weighted by molar-refractivity contribution is -0.122. The van der Waals surface area contributed by atoms with Gasteiger partial charge in [0.15, 0.2) is 0 Å². The van der Waals surface area contributed by atoms with Crippen LogP contribution >= 0.6 is 0 Å². The lowest BCUT2D eigenvalue weighted by atomic mass is 9.95. The van der Waals surface area contributed by atoms with E-state index < -0.39 is 0 Å². The second kappa shape index (κ2) is 10.2. The number of rotatable bonds is 6. The van der Waals surface area contributed by atoms with Crippen LogP contribution in [0.5, 0.6) is 5.75 Å². The number of ether oxygens (including phenoxy) is 1. The molecule has 3 atom stereocenters. The minimum Gasteiger partial charge on any atom is -0.484 e. The Hall–Kier alpha value is -3.19. The fourth-order valence-corrected chi connectivity index (χ4v) is 4.69. The van der Waals surface area contributed by atoms with Crippen molar-refractivity contribution in [2.45, 2.75) is 18.7 Å². The van der Waals surface area contributed by atoms with Gasteiger partial charge in [-0.05, 0) is 17.2 Å². The number of hydrogen-bond donors (Lipinski definition) is 3. The minimum absolute atomic E-state index is 0.0416. The van der Waals surface area contributed by atoms with E-state index >= 15 is 0 Å². The van der Waals surface area contributed by atoms with Gasteiger partial charge in [-0.15, -0.1) is 0 Å². The molecule has 2 heterocycles. The summed E-state index contributed by atoms with van der Waals surface area (Å²) >= 11 is 0. The van der Waals surface area contributed by atoms with Gasteiger partial charge in [0.25, 0.3) is 0 Å². The number of nitrogens with one attached hydrogen (secondary N) is 3. The Morgan fingerprint density at radius 2 is 1.64 bits per heavy atom. The summed E-state index contributed by atoms with van der Waals surface area (Å²) < 4.78 is 6.37. The Morgan fingerprint density at radius 1 is 0.939 bits per heavy atom. The van der Waals surface area contributed by atoms with Gasteiger partial charge in [0, 0.05) is 37.7 Å². The zero-order valence-corrected chi connectivity index (χ0v) is 18.6. The Labute approximate surface area is 194 Å². The summed E-state index contributed by atoms with van der Waals surface area (Å²) in [5.74, 6) is 1.23. The first-order chi connectivity index (χ1) is 16.3. The summed E-state index contributed by atoms with van der Waals surface area (Å²) in [6.07, 6.45) is -0.117. The quantitative estimate of drug-likeness (QED) is 0.547. The van der Waals surface area contributed by atoms with Gasteiger partial charge in [-0.25, -0.2) is 5.43 Å². The van der Waals surface area contributed by atoms with Crippen molar-refractivity contribution < 1.29 is 9.53 Å². The van der Waals surface area contributed by atoms with Crippen LogP contribution in [-0.4, -0.2) is 37.0 Å². The minimum atomic E-state index is -0.117. The van der Waals surface area contributed by atoms with Crippen LogP contribution in [0.3, 0.4) is 0 Å². The van der Waals surface area contributed by atoms with Crippen molar-refractivity contribution >= 4 is 5.91 Å². The highest BCUT2D eigenvalue weighted by molar-refractivity contribution is 5.78. The van der Waals surface area contributed by atoms with Crippen LogP contribution in [0, 0.1) is 5.92 Å². The third kappa shape index (κ3) is 5.25. The van der Waals surface area contributed by atoms with Gasteiger partial charge in [-0.2, -0.15) is 0 Å². The SMILES string of the molecule is O=C(CN1Cc2ccccc2OC(c2ccccc2)C1)NCC1CNNC1c1ccccc1. The van der Waals surface area contributed by atoms with E-state index in [2.05, 4.69) is 51.4 Å². The topological polar surface area (TPSA) is 65.6 Å². The molecule has 5 rings (SSSR count). The molecule has 0 saturated carbocycles. The molecule has 1 saturated heterocycles. The number of hydrogen-bond acceptors (Lipinski definition) is 5. The molecule has 3 unspecified atom stereocenters. The molecule has 6 heteroatoms. The van der Waals surface area contributed by atoms with Crippen LogP contribution in [-0.2, 0) is 11.3 Å². The van der Waals surface area contributed by atoms with Crippen LogP contribution < -0.4 is 20.9 Å². The second-order valence-electron chi connectivity index (χ2n) is 8.77. The van der Waals surface area contributed by atoms with Gasteiger partial charge in [0.05, 0.1) is 12.6 Å². The van der Waals surface area contributed by atoms with E-state index in [4.69, 9.17) is 4.74 Å². The first kappa shape index (κ1) is 21.6. The number of para-hydroxylation sites is 1. The summed E-state index contributed by atoms with van der Waals surface area (Å²) in [5.41, 5.74) is 10.0. The average Bonchev–Trinajstić information content (AvgIpc) is 3.25. The van der Waals surface area contributed by atoms with Crippen molar-refractivity contribution in [2.24, 2.45) is 5.92 Å². The monoisotopic (exact) mass is 442 g/mol. The molecule has 3 N–H and O–H groups in total. The molecule has 3 aromatic carbocycles. The van der Waals surface area contributed by atoms with E-state index in [1.165, 1.54) is 5.56 Å². The zero-order valence-electron chi connectivity index (χ0n) is 18.6. The number of benzene rings is 3. The molecule has 2 aliphatic rings. The normalized spacial score (nSPS) is 22.7. The van der Waals surface area contributed by atoms with Crippen molar-refractivity contribution in [2.75, 3.05) is 26.2 Å². The third-order valence-electron chi connectivity index (χ3n) is 6.41. The second-order valence-corrected chi connectivity index (χ2v) is 8.77. The summed E-state index contributed by atoms with van der Waals surface area (Å²) in [7, 11) is 0. The van der Waals surface area contributed by atoms with Crippen molar-refractivity contribution in [3.63, 3.8) is 0 Å². The number of fused-ring (bicyclic) bond motifs is 1. The molecule has 0 bridgehead atoms. The molecule has 0 aromatic heterocycles. The molecular formula is C27H30N4O2. The van der Waals surface area contributed by atoms with Crippen molar-refractivity contribution in [3.8, 4) is 5.75 Å². The molecule has 170 valence electrons. The lowest BCUT2D eigenvalue weighted by Gasteiger charge is -2.24. The van der Waals surface area contributed by atoms with E-state index in [1.807, 2.05) is 54.6 Å². The number of carbonyl (C=O) groups is 1. The lowest BCUT2D eigenvalue weighted by Crippen LogP contribution is -2.41. The predicted molar refractivity (Wildman–Crippen MR) is 128 cm³/mol. The van der Waals surface area contributed by atoms with E-state index in [-0.39, 0.29) is 18.1 Å². The maximum Gasteiger partial charge on any atom is 0.234 e.